The molecule has 0 radical (unpaired) electrons. The molecule has 3 aliphatic heterocycles. The van der Waals surface area contributed by atoms with Gasteiger partial charge < -0.3 is 29.0 Å². The molecule has 1 aromatic heterocycles. The zero-order valence-electron chi connectivity index (χ0n) is 20.8. The number of hydrogen-bond donors (Lipinski definition) is 1. The largest absolute Gasteiger partial charge is 0.362 e. The highest BCUT2D eigenvalue weighted by Gasteiger charge is 2.59. The lowest BCUT2D eigenvalue weighted by Crippen LogP contribution is -2.40. The second-order valence-electron chi connectivity index (χ2n) is 10.4. The zero-order chi connectivity index (χ0) is 25.1. The third kappa shape index (κ3) is 4.19. The molecule has 8 heteroatoms. The number of anilines is 1. The number of fused-ring (bicyclic) bond motifs is 2. The Labute approximate surface area is 209 Å². The average molecular weight is 491 g/mol. The molecule has 3 saturated heterocycles. The molecule has 0 bridgehead atoms. The second kappa shape index (κ2) is 8.61. The Kier molecular flexibility index (Phi) is 5.62. The number of pyridine rings is 1. The van der Waals surface area contributed by atoms with Crippen LogP contribution in [0.2, 0.25) is 0 Å². The van der Waals surface area contributed by atoms with E-state index in [0.29, 0.717) is 17.9 Å². The zero-order valence-corrected chi connectivity index (χ0v) is 20.8. The normalized spacial score (nSPS) is 30.4. The lowest BCUT2D eigenvalue weighted by atomic mass is 9.96. The Morgan fingerprint density at radius 1 is 0.889 bits per heavy atom. The lowest BCUT2D eigenvalue weighted by molar-refractivity contribution is -0.207. The van der Waals surface area contributed by atoms with Crippen molar-refractivity contribution in [3.05, 3.63) is 71.9 Å². The molecule has 3 fully saturated rings. The van der Waals surface area contributed by atoms with E-state index in [1.165, 1.54) is 0 Å². The van der Waals surface area contributed by atoms with Gasteiger partial charge in [-0.3, -0.25) is 9.78 Å². The number of para-hydroxylation sites is 1. The number of nitrogens with zero attached hydrogens (tertiary/aromatic N) is 1. The van der Waals surface area contributed by atoms with Crippen LogP contribution in [-0.2, 0) is 23.7 Å². The van der Waals surface area contributed by atoms with E-state index in [0.717, 1.165) is 16.5 Å². The van der Waals surface area contributed by atoms with Crippen LogP contribution in [-0.4, -0.2) is 53.5 Å². The Morgan fingerprint density at radius 3 is 2.47 bits per heavy atom. The van der Waals surface area contributed by atoms with Gasteiger partial charge in [0.05, 0.1) is 17.8 Å². The highest BCUT2D eigenvalue weighted by molar-refractivity contribution is 6.09. The molecule has 1 N–H and O–H groups in total. The third-order valence-electron chi connectivity index (χ3n) is 6.88. The highest BCUT2D eigenvalue weighted by atomic mass is 16.8. The number of carbonyl (C=O) groups is 1. The van der Waals surface area contributed by atoms with E-state index in [2.05, 4.69) is 10.3 Å². The maximum atomic E-state index is 13.6. The van der Waals surface area contributed by atoms with E-state index in [9.17, 15) is 4.79 Å². The number of aromatic nitrogens is 1. The number of hydrogen-bond acceptors (Lipinski definition) is 7. The van der Waals surface area contributed by atoms with Gasteiger partial charge in [0.2, 0.25) is 0 Å². The molecule has 36 heavy (non-hydrogen) atoms. The van der Waals surface area contributed by atoms with Gasteiger partial charge in [0.25, 0.3) is 5.91 Å². The Balaban J connectivity index is 1.32. The standard InChI is InChI=1S/C28H30N2O6/c1-27(2)32-15-20(34-27)23-25-24(35-28(3,4)36-25)22(33-23)17-11-5-6-12-18(17)26(31)30-19-13-7-9-16-10-8-14-29-21(16)19/h5-14,20,22-25H,15H2,1-4H3,(H,30,31)/t20?,22-,23-,24-,25+/m1/s1. The summed E-state index contributed by atoms with van der Waals surface area (Å²) in [6.07, 6.45) is -0.258. The first kappa shape index (κ1) is 23.5. The van der Waals surface area contributed by atoms with E-state index in [-0.39, 0.29) is 18.1 Å². The van der Waals surface area contributed by atoms with Crippen LogP contribution in [0.15, 0.2) is 60.8 Å². The minimum Gasteiger partial charge on any atom is -0.362 e. The maximum Gasteiger partial charge on any atom is 0.256 e. The molecule has 8 nitrogen and oxygen atoms in total. The number of amides is 1. The summed E-state index contributed by atoms with van der Waals surface area (Å²) in [4.78, 5) is 18.0. The van der Waals surface area contributed by atoms with Crippen LogP contribution >= 0.6 is 0 Å². The average Bonchev–Trinajstić information content (AvgIpc) is 3.48. The molecule has 3 aliphatic rings. The Morgan fingerprint density at radius 2 is 1.67 bits per heavy atom. The summed E-state index contributed by atoms with van der Waals surface area (Å²) in [6.45, 7) is 7.94. The molecular weight excluding hydrogens is 460 g/mol. The topological polar surface area (TPSA) is 88.1 Å². The van der Waals surface area contributed by atoms with Crippen LogP contribution in [0.1, 0.15) is 49.7 Å². The summed E-state index contributed by atoms with van der Waals surface area (Å²) in [5, 5.41) is 4.00. The Bertz CT molecular complexity index is 1300. The van der Waals surface area contributed by atoms with Gasteiger partial charge in [0.1, 0.15) is 30.5 Å². The fraction of sp³-hybridized carbons (Fsp3) is 0.429. The van der Waals surface area contributed by atoms with Crippen molar-refractivity contribution in [2.45, 2.75) is 69.8 Å². The quantitative estimate of drug-likeness (QED) is 0.572. The van der Waals surface area contributed by atoms with Crippen molar-refractivity contribution in [1.82, 2.24) is 4.98 Å². The van der Waals surface area contributed by atoms with Crippen molar-refractivity contribution in [2.75, 3.05) is 11.9 Å². The third-order valence-corrected chi connectivity index (χ3v) is 6.88. The maximum absolute atomic E-state index is 13.6. The first-order chi connectivity index (χ1) is 17.2. The smallest absolute Gasteiger partial charge is 0.256 e. The van der Waals surface area contributed by atoms with Crippen molar-refractivity contribution in [3.8, 4) is 0 Å². The molecule has 0 saturated carbocycles. The molecular formula is C28H30N2O6. The first-order valence-electron chi connectivity index (χ1n) is 12.3. The summed E-state index contributed by atoms with van der Waals surface area (Å²) in [7, 11) is 0. The van der Waals surface area contributed by atoms with Gasteiger partial charge in [-0.1, -0.05) is 36.4 Å². The minimum absolute atomic E-state index is 0.243. The monoisotopic (exact) mass is 490 g/mol. The fourth-order valence-corrected chi connectivity index (χ4v) is 5.40. The van der Waals surface area contributed by atoms with Crippen LogP contribution in [0, 0.1) is 0 Å². The second-order valence-corrected chi connectivity index (χ2v) is 10.4. The molecule has 1 unspecified atom stereocenters. The molecule has 5 atom stereocenters. The van der Waals surface area contributed by atoms with Gasteiger partial charge in [-0.05, 0) is 51.5 Å². The van der Waals surface area contributed by atoms with Gasteiger partial charge in [-0.15, -0.1) is 0 Å². The van der Waals surface area contributed by atoms with Crippen molar-refractivity contribution in [1.29, 1.82) is 0 Å². The summed E-state index contributed by atoms with van der Waals surface area (Å²) in [5.41, 5.74) is 2.63. The predicted octanol–water partition coefficient (Wildman–Crippen LogP) is 4.60. The van der Waals surface area contributed by atoms with Gasteiger partial charge in [0.15, 0.2) is 11.6 Å². The van der Waals surface area contributed by atoms with Crippen LogP contribution in [0.4, 0.5) is 5.69 Å². The van der Waals surface area contributed by atoms with Gasteiger partial charge in [-0.25, -0.2) is 0 Å². The number of rotatable bonds is 4. The highest BCUT2D eigenvalue weighted by Crippen LogP contribution is 2.48. The van der Waals surface area contributed by atoms with E-state index in [4.69, 9.17) is 23.7 Å². The van der Waals surface area contributed by atoms with Crippen LogP contribution < -0.4 is 5.32 Å². The Hall–Kier alpha value is -2.88. The SMILES string of the molecule is CC1(C)OCC([C@H]2O[C@H](c3ccccc3C(=O)Nc3cccc4cccnc34)[C@H]3OC(C)(C)O[C@H]32)O1. The molecule has 188 valence electrons. The molecule has 3 aromatic rings. The number of ether oxygens (including phenoxy) is 5. The van der Waals surface area contributed by atoms with Gasteiger partial charge in [-0.2, -0.15) is 0 Å². The van der Waals surface area contributed by atoms with E-state index in [1.807, 2.05) is 76.2 Å². The van der Waals surface area contributed by atoms with Gasteiger partial charge in [0, 0.05) is 17.1 Å². The molecule has 6 rings (SSSR count). The summed E-state index contributed by atoms with van der Waals surface area (Å²) in [6, 6.07) is 17.0. The number of carbonyl (C=O) groups excluding carboxylic acids is 1. The van der Waals surface area contributed by atoms with Crippen LogP contribution in [0.3, 0.4) is 0 Å². The first-order valence-corrected chi connectivity index (χ1v) is 12.3. The number of nitrogens with one attached hydrogen (secondary N) is 1. The molecule has 1 amide bonds. The summed E-state index contributed by atoms with van der Waals surface area (Å²) in [5.74, 6) is -1.72. The lowest BCUT2D eigenvalue weighted by Gasteiger charge is -2.27. The fourth-order valence-electron chi connectivity index (χ4n) is 5.40. The van der Waals surface area contributed by atoms with Crippen molar-refractivity contribution in [3.63, 3.8) is 0 Å². The molecule has 0 spiro atoms. The van der Waals surface area contributed by atoms with Crippen molar-refractivity contribution in [2.24, 2.45) is 0 Å². The van der Waals surface area contributed by atoms with Crippen molar-refractivity contribution >= 4 is 22.5 Å². The molecule has 2 aromatic carbocycles. The van der Waals surface area contributed by atoms with Crippen LogP contribution in [0.5, 0.6) is 0 Å². The predicted molar refractivity (Wildman–Crippen MR) is 132 cm³/mol. The van der Waals surface area contributed by atoms with E-state index >= 15 is 0 Å². The molecule has 4 heterocycles. The minimum atomic E-state index is -0.781. The van der Waals surface area contributed by atoms with E-state index in [1.54, 1.807) is 12.3 Å². The van der Waals surface area contributed by atoms with Crippen molar-refractivity contribution < 1.29 is 28.5 Å². The molecule has 0 aliphatic carbocycles. The van der Waals surface area contributed by atoms with Crippen LogP contribution in [0.25, 0.3) is 10.9 Å². The summed E-state index contributed by atoms with van der Waals surface area (Å²) < 4.78 is 31.0. The summed E-state index contributed by atoms with van der Waals surface area (Å²) >= 11 is 0. The van der Waals surface area contributed by atoms with E-state index < -0.39 is 29.9 Å². The van der Waals surface area contributed by atoms with Gasteiger partial charge >= 0.3 is 0 Å². The number of benzene rings is 2.